The molecular formula is C31H33N3O8. The Kier molecular flexibility index (Phi) is 7.44. The van der Waals surface area contributed by atoms with Crippen LogP contribution in [0.25, 0.3) is 0 Å². The Bertz CT molecular complexity index is 1630. The highest BCUT2D eigenvalue weighted by Gasteiger charge is 2.55. The number of nitrogens with one attached hydrogen (secondary N) is 1. The number of aliphatic hydroxyl groups is 2. The Balaban J connectivity index is 1.33. The quantitative estimate of drug-likeness (QED) is 0.285. The van der Waals surface area contributed by atoms with Gasteiger partial charge in [-0.15, -0.1) is 0 Å². The topological polar surface area (TPSA) is 151 Å². The monoisotopic (exact) mass is 575 g/mol. The van der Waals surface area contributed by atoms with Crippen molar-refractivity contribution in [2.24, 2.45) is 0 Å². The standard InChI is InChI=1S/C31H33N3O8/c1-2-3-4-7-19-12-18(15-34-27(38)21-8-5-6-9-22(21)28(34)39)13-20-16-42-31(14-23(19)20)24(35)17-41-29(26(31)37)33-11-10-25(36)32-30(33)40/h5-6,8-13,24,26,29,35,37H,2-4,7,14-17H2,1H3,(H,32,36,40)/t24-,26+,29-,31-/m1/s1. The second-order valence-corrected chi connectivity index (χ2v) is 11.2. The van der Waals surface area contributed by atoms with Gasteiger partial charge < -0.3 is 19.7 Å². The Morgan fingerprint density at radius 3 is 2.45 bits per heavy atom. The van der Waals surface area contributed by atoms with Crippen molar-refractivity contribution in [3.05, 3.63) is 103 Å². The molecule has 3 aliphatic rings. The fraction of sp³-hybridized carbons (Fsp3) is 0.419. The van der Waals surface area contributed by atoms with E-state index in [1.165, 1.54) is 11.1 Å². The molecule has 0 unspecified atom stereocenters. The summed E-state index contributed by atoms with van der Waals surface area (Å²) in [5.41, 5.74) is 1.58. The van der Waals surface area contributed by atoms with E-state index in [0.29, 0.717) is 11.1 Å². The molecule has 0 saturated carbocycles. The van der Waals surface area contributed by atoms with Crippen LogP contribution in [0.15, 0.2) is 58.3 Å². The van der Waals surface area contributed by atoms with Gasteiger partial charge in [-0.05, 0) is 47.2 Å². The Hall–Kier alpha value is -3.90. The molecule has 42 heavy (non-hydrogen) atoms. The number of carbonyl (C=O) groups is 2. The van der Waals surface area contributed by atoms with Crippen LogP contribution in [-0.4, -0.2) is 60.9 Å². The zero-order valence-electron chi connectivity index (χ0n) is 23.2. The lowest BCUT2D eigenvalue weighted by atomic mass is 9.76. The average Bonchev–Trinajstić information content (AvgIpc) is 3.22. The minimum Gasteiger partial charge on any atom is -0.388 e. The number of benzene rings is 2. The lowest BCUT2D eigenvalue weighted by molar-refractivity contribution is -0.284. The number of rotatable bonds is 7. The number of unbranched alkanes of at least 4 members (excludes halogenated alkanes) is 2. The molecule has 6 rings (SSSR count). The molecular weight excluding hydrogens is 542 g/mol. The molecule has 3 N–H and O–H groups in total. The molecule has 1 spiro atoms. The van der Waals surface area contributed by atoms with E-state index in [1.807, 2.05) is 12.1 Å². The lowest BCUT2D eigenvalue weighted by Crippen LogP contribution is -2.65. The van der Waals surface area contributed by atoms with E-state index >= 15 is 0 Å². The first-order valence-electron chi connectivity index (χ1n) is 14.3. The number of H-pyrrole nitrogens is 1. The van der Waals surface area contributed by atoms with Crippen LogP contribution in [0.3, 0.4) is 0 Å². The van der Waals surface area contributed by atoms with Crippen LogP contribution in [-0.2, 0) is 35.5 Å². The number of aryl methyl sites for hydroxylation is 1. The number of aromatic nitrogens is 2. The number of aliphatic hydroxyl groups excluding tert-OH is 2. The van der Waals surface area contributed by atoms with Gasteiger partial charge in [-0.2, -0.15) is 0 Å². The highest BCUT2D eigenvalue weighted by Crippen LogP contribution is 2.42. The SMILES string of the molecule is CCCCCc1cc(CN2C(=O)c3ccccc3C2=O)cc2c1C[C@@]1(OC2)[C@H](O)CO[C@@H](n2ccc(=O)[nH]c2=O)[C@@H]1O. The molecule has 1 aromatic heterocycles. The van der Waals surface area contributed by atoms with Gasteiger partial charge >= 0.3 is 5.69 Å². The Morgan fingerprint density at radius 2 is 1.76 bits per heavy atom. The number of carbonyl (C=O) groups excluding carboxylic acids is 2. The summed E-state index contributed by atoms with van der Waals surface area (Å²) in [5.74, 6) is -0.652. The van der Waals surface area contributed by atoms with Crippen LogP contribution in [0.1, 0.15) is 75.4 Å². The maximum absolute atomic E-state index is 13.0. The van der Waals surface area contributed by atoms with E-state index in [0.717, 1.165) is 58.6 Å². The maximum atomic E-state index is 13.0. The van der Waals surface area contributed by atoms with E-state index in [1.54, 1.807) is 24.3 Å². The number of hydrogen-bond acceptors (Lipinski definition) is 8. The number of nitrogens with zero attached hydrogens (tertiary/aromatic N) is 2. The molecule has 1 saturated heterocycles. The summed E-state index contributed by atoms with van der Waals surface area (Å²) in [4.78, 5) is 53.6. The van der Waals surface area contributed by atoms with Crippen LogP contribution in [0.2, 0.25) is 0 Å². The van der Waals surface area contributed by atoms with Gasteiger partial charge in [-0.3, -0.25) is 28.8 Å². The van der Waals surface area contributed by atoms with Crippen LogP contribution in [0, 0.1) is 0 Å². The molecule has 3 aromatic rings. The predicted octanol–water partition coefficient (Wildman–Crippen LogP) is 1.83. The normalized spacial score (nSPS) is 25.1. The van der Waals surface area contributed by atoms with E-state index < -0.39 is 35.3 Å². The number of amides is 2. The van der Waals surface area contributed by atoms with Crippen LogP contribution < -0.4 is 11.2 Å². The van der Waals surface area contributed by atoms with Gasteiger partial charge in [0.05, 0.1) is 30.9 Å². The Labute approximate surface area is 241 Å². The molecule has 1 fully saturated rings. The first-order valence-corrected chi connectivity index (χ1v) is 14.3. The fourth-order valence-corrected chi connectivity index (χ4v) is 6.33. The highest BCUT2D eigenvalue weighted by molar-refractivity contribution is 6.21. The lowest BCUT2D eigenvalue weighted by Gasteiger charge is -2.50. The predicted molar refractivity (Wildman–Crippen MR) is 150 cm³/mol. The van der Waals surface area contributed by atoms with E-state index in [2.05, 4.69) is 11.9 Å². The zero-order chi connectivity index (χ0) is 29.6. The van der Waals surface area contributed by atoms with Gasteiger partial charge in [-0.25, -0.2) is 4.79 Å². The number of hydrogen-bond donors (Lipinski definition) is 3. The molecule has 11 heteroatoms. The summed E-state index contributed by atoms with van der Waals surface area (Å²) in [6, 6.07) is 11.9. The number of ether oxygens (including phenoxy) is 2. The number of imide groups is 1. The molecule has 11 nitrogen and oxygen atoms in total. The minimum atomic E-state index is -1.46. The molecule has 3 aliphatic heterocycles. The summed E-state index contributed by atoms with van der Waals surface area (Å²) in [6.07, 6.45) is 1.29. The number of aromatic amines is 1. The van der Waals surface area contributed by atoms with Gasteiger partial charge in [0.2, 0.25) is 0 Å². The van der Waals surface area contributed by atoms with Crippen molar-refractivity contribution in [1.82, 2.24) is 14.5 Å². The first-order chi connectivity index (χ1) is 20.2. The van der Waals surface area contributed by atoms with Gasteiger partial charge in [0.25, 0.3) is 17.4 Å². The van der Waals surface area contributed by atoms with Crippen molar-refractivity contribution in [3.8, 4) is 0 Å². The van der Waals surface area contributed by atoms with Crippen molar-refractivity contribution in [2.45, 2.75) is 76.2 Å². The molecule has 0 bridgehead atoms. The molecule has 4 atom stereocenters. The maximum Gasteiger partial charge on any atom is 0.330 e. The third-order valence-corrected chi connectivity index (χ3v) is 8.60. The van der Waals surface area contributed by atoms with Crippen LogP contribution in [0.4, 0.5) is 0 Å². The van der Waals surface area contributed by atoms with Crippen molar-refractivity contribution >= 4 is 11.8 Å². The van der Waals surface area contributed by atoms with Gasteiger partial charge in [0.1, 0.15) is 17.8 Å². The van der Waals surface area contributed by atoms with Crippen molar-refractivity contribution in [3.63, 3.8) is 0 Å². The van der Waals surface area contributed by atoms with Gasteiger partial charge in [0.15, 0.2) is 6.23 Å². The van der Waals surface area contributed by atoms with E-state index in [9.17, 15) is 29.4 Å². The summed E-state index contributed by atoms with van der Waals surface area (Å²) in [7, 11) is 0. The fourth-order valence-electron chi connectivity index (χ4n) is 6.33. The number of fused-ring (bicyclic) bond motifs is 2. The molecule has 0 radical (unpaired) electrons. The molecule has 2 amide bonds. The van der Waals surface area contributed by atoms with Gasteiger partial charge in [-0.1, -0.05) is 44.0 Å². The second kappa shape index (κ2) is 11.1. The third-order valence-electron chi connectivity index (χ3n) is 8.60. The average molecular weight is 576 g/mol. The molecule has 4 heterocycles. The van der Waals surface area contributed by atoms with Crippen molar-refractivity contribution in [2.75, 3.05) is 6.61 Å². The van der Waals surface area contributed by atoms with Crippen LogP contribution >= 0.6 is 0 Å². The summed E-state index contributed by atoms with van der Waals surface area (Å²) in [6.45, 7) is 2.10. The largest absolute Gasteiger partial charge is 0.388 e. The van der Waals surface area contributed by atoms with Gasteiger partial charge in [0, 0.05) is 18.7 Å². The van der Waals surface area contributed by atoms with Crippen molar-refractivity contribution < 1.29 is 29.3 Å². The highest BCUT2D eigenvalue weighted by atomic mass is 16.6. The Morgan fingerprint density at radius 1 is 1.02 bits per heavy atom. The molecule has 0 aliphatic carbocycles. The third kappa shape index (κ3) is 4.72. The second-order valence-electron chi connectivity index (χ2n) is 11.2. The smallest absolute Gasteiger partial charge is 0.330 e. The van der Waals surface area contributed by atoms with E-state index in [4.69, 9.17) is 9.47 Å². The minimum absolute atomic E-state index is 0.0629. The van der Waals surface area contributed by atoms with Crippen molar-refractivity contribution in [1.29, 1.82) is 0 Å². The molecule has 2 aromatic carbocycles. The summed E-state index contributed by atoms with van der Waals surface area (Å²) < 4.78 is 13.0. The van der Waals surface area contributed by atoms with Crippen LogP contribution in [0.5, 0.6) is 0 Å². The summed E-state index contributed by atoms with van der Waals surface area (Å²) in [5, 5.41) is 22.7. The first kappa shape index (κ1) is 28.2. The van der Waals surface area contributed by atoms with E-state index in [-0.39, 0.29) is 38.0 Å². The molecule has 220 valence electrons. The summed E-state index contributed by atoms with van der Waals surface area (Å²) >= 11 is 0. The zero-order valence-corrected chi connectivity index (χ0v) is 23.2.